The average molecular weight is 328 g/mol. The molecule has 22 heavy (non-hydrogen) atoms. The summed E-state index contributed by atoms with van der Waals surface area (Å²) in [6.07, 6.45) is 1.97. The Bertz CT molecular complexity index is 567. The molecule has 0 aliphatic carbocycles. The van der Waals surface area contributed by atoms with E-state index >= 15 is 0 Å². The zero-order chi connectivity index (χ0) is 16.2. The summed E-state index contributed by atoms with van der Waals surface area (Å²) in [6, 6.07) is 6.52. The number of aliphatic hydroxyl groups excluding tert-OH is 1. The van der Waals surface area contributed by atoms with Gasteiger partial charge in [-0.2, -0.15) is 8.42 Å². The number of aliphatic hydroxyl groups is 1. The van der Waals surface area contributed by atoms with Crippen LogP contribution in [0.25, 0.3) is 0 Å². The molecule has 1 saturated heterocycles. The molecule has 0 aromatic heterocycles. The highest BCUT2D eigenvalue weighted by atomic mass is 32.2. The predicted molar refractivity (Wildman–Crippen MR) is 83.1 cm³/mol. The standard InChI is InChI=1S/C16H24O5S/c1-3-4-14-9-13(17)10-15(21-14)11-20-22(18,19)16-7-5-12(2)6-8-16/h5-8,13-15,17H,3-4,9-11H2,1-2H3/t13-,14+,15+/m1/s1. The fourth-order valence-corrected chi connectivity index (χ4v) is 3.58. The van der Waals surface area contributed by atoms with Crippen LogP contribution in [0, 0.1) is 6.92 Å². The first-order valence-electron chi connectivity index (χ1n) is 7.70. The van der Waals surface area contributed by atoms with Gasteiger partial charge in [-0.25, -0.2) is 0 Å². The molecule has 5 nitrogen and oxygen atoms in total. The lowest BCUT2D eigenvalue weighted by Gasteiger charge is -2.32. The molecule has 6 heteroatoms. The van der Waals surface area contributed by atoms with Gasteiger partial charge in [-0.1, -0.05) is 31.0 Å². The molecule has 1 fully saturated rings. The molecule has 124 valence electrons. The van der Waals surface area contributed by atoms with E-state index in [1.165, 1.54) is 12.1 Å². The first-order chi connectivity index (χ1) is 10.4. The van der Waals surface area contributed by atoms with E-state index < -0.39 is 16.2 Å². The molecule has 0 unspecified atom stereocenters. The number of benzene rings is 1. The van der Waals surface area contributed by atoms with E-state index in [0.29, 0.717) is 12.8 Å². The number of hydrogen-bond donors (Lipinski definition) is 1. The van der Waals surface area contributed by atoms with Crippen LogP contribution in [0.15, 0.2) is 29.2 Å². The minimum absolute atomic E-state index is 0.0237. The van der Waals surface area contributed by atoms with Gasteiger partial charge in [0, 0.05) is 6.42 Å². The molecular weight excluding hydrogens is 304 g/mol. The minimum atomic E-state index is -3.79. The van der Waals surface area contributed by atoms with Crippen molar-refractivity contribution in [3.8, 4) is 0 Å². The van der Waals surface area contributed by atoms with Gasteiger partial charge < -0.3 is 9.84 Å². The van der Waals surface area contributed by atoms with Crippen LogP contribution in [0.1, 0.15) is 38.2 Å². The molecule has 1 aromatic carbocycles. The predicted octanol–water partition coefficient (Wildman–Crippen LogP) is 2.41. The van der Waals surface area contributed by atoms with Gasteiger partial charge in [0.15, 0.2) is 0 Å². The van der Waals surface area contributed by atoms with Crippen LogP contribution < -0.4 is 0 Å². The maximum absolute atomic E-state index is 12.1. The normalized spacial score (nSPS) is 26.0. The second-order valence-corrected chi connectivity index (χ2v) is 7.46. The third-order valence-electron chi connectivity index (χ3n) is 3.78. The maximum Gasteiger partial charge on any atom is 0.297 e. The molecule has 0 amide bonds. The third-order valence-corrected chi connectivity index (χ3v) is 5.08. The van der Waals surface area contributed by atoms with Crippen molar-refractivity contribution in [2.45, 2.75) is 62.7 Å². The highest BCUT2D eigenvalue weighted by molar-refractivity contribution is 7.86. The summed E-state index contributed by atoms with van der Waals surface area (Å²) in [6.45, 7) is 3.88. The monoisotopic (exact) mass is 328 g/mol. The molecule has 1 aliphatic rings. The summed E-state index contributed by atoms with van der Waals surface area (Å²) in [5.74, 6) is 0. The SMILES string of the molecule is CCC[C@H]1C[C@@H](O)C[C@@H](COS(=O)(=O)c2ccc(C)cc2)O1. The third kappa shape index (κ3) is 4.78. The van der Waals surface area contributed by atoms with Gasteiger partial charge in [-0.15, -0.1) is 0 Å². The Morgan fingerprint density at radius 2 is 1.86 bits per heavy atom. The van der Waals surface area contributed by atoms with Gasteiger partial charge >= 0.3 is 0 Å². The zero-order valence-electron chi connectivity index (χ0n) is 13.1. The minimum Gasteiger partial charge on any atom is -0.393 e. The molecule has 1 aliphatic heterocycles. The second kappa shape index (κ2) is 7.55. The van der Waals surface area contributed by atoms with Gasteiger partial charge in [-0.05, 0) is 31.9 Å². The molecular formula is C16H24O5S. The van der Waals surface area contributed by atoms with Crippen molar-refractivity contribution in [1.82, 2.24) is 0 Å². The van der Waals surface area contributed by atoms with Crippen molar-refractivity contribution in [1.29, 1.82) is 0 Å². The lowest BCUT2D eigenvalue weighted by atomic mass is 9.99. The van der Waals surface area contributed by atoms with E-state index in [2.05, 4.69) is 6.92 Å². The van der Waals surface area contributed by atoms with Gasteiger partial charge in [0.25, 0.3) is 10.1 Å². The van der Waals surface area contributed by atoms with Crippen LogP contribution in [0.2, 0.25) is 0 Å². The second-order valence-electron chi connectivity index (χ2n) is 5.85. The van der Waals surface area contributed by atoms with Crippen LogP contribution >= 0.6 is 0 Å². The highest BCUT2D eigenvalue weighted by Crippen LogP contribution is 2.24. The smallest absolute Gasteiger partial charge is 0.297 e. The first kappa shape index (κ1) is 17.4. The van der Waals surface area contributed by atoms with E-state index in [1.807, 2.05) is 6.92 Å². The summed E-state index contributed by atoms with van der Waals surface area (Å²) < 4.78 is 35.2. The van der Waals surface area contributed by atoms with Crippen LogP contribution in [-0.4, -0.2) is 38.4 Å². The molecule has 1 aromatic rings. The molecule has 0 bridgehead atoms. The van der Waals surface area contributed by atoms with Gasteiger partial charge in [0.05, 0.1) is 29.8 Å². The number of rotatable bonds is 6. The summed E-state index contributed by atoms with van der Waals surface area (Å²) in [5, 5.41) is 9.87. The molecule has 3 atom stereocenters. The van der Waals surface area contributed by atoms with Crippen molar-refractivity contribution in [3.05, 3.63) is 29.8 Å². The Kier molecular flexibility index (Phi) is 5.97. The molecule has 1 heterocycles. The maximum atomic E-state index is 12.1. The first-order valence-corrected chi connectivity index (χ1v) is 9.11. The van der Waals surface area contributed by atoms with Crippen molar-refractivity contribution in [2.75, 3.05) is 6.61 Å². The lowest BCUT2D eigenvalue weighted by molar-refractivity contribution is -0.110. The van der Waals surface area contributed by atoms with E-state index in [9.17, 15) is 13.5 Å². The Morgan fingerprint density at radius 1 is 1.23 bits per heavy atom. The van der Waals surface area contributed by atoms with Crippen LogP contribution in [0.5, 0.6) is 0 Å². The molecule has 0 radical (unpaired) electrons. The van der Waals surface area contributed by atoms with Gasteiger partial charge in [0.2, 0.25) is 0 Å². The van der Waals surface area contributed by atoms with Gasteiger partial charge in [-0.3, -0.25) is 4.18 Å². The summed E-state index contributed by atoms with van der Waals surface area (Å²) >= 11 is 0. The van der Waals surface area contributed by atoms with Crippen LogP contribution in [0.4, 0.5) is 0 Å². The van der Waals surface area contributed by atoms with Crippen LogP contribution in [-0.2, 0) is 19.0 Å². The highest BCUT2D eigenvalue weighted by Gasteiger charge is 2.29. The van der Waals surface area contributed by atoms with E-state index in [0.717, 1.165) is 18.4 Å². The van der Waals surface area contributed by atoms with Crippen molar-refractivity contribution in [3.63, 3.8) is 0 Å². The zero-order valence-corrected chi connectivity index (χ0v) is 13.9. The summed E-state index contributed by atoms with van der Waals surface area (Å²) in [7, 11) is -3.79. The lowest BCUT2D eigenvalue weighted by Crippen LogP contribution is -2.38. The average Bonchev–Trinajstić information content (AvgIpc) is 2.46. The van der Waals surface area contributed by atoms with Crippen molar-refractivity contribution >= 4 is 10.1 Å². The largest absolute Gasteiger partial charge is 0.393 e. The van der Waals surface area contributed by atoms with E-state index in [-0.39, 0.29) is 23.7 Å². The fraction of sp³-hybridized carbons (Fsp3) is 0.625. The Labute approximate surface area is 132 Å². The van der Waals surface area contributed by atoms with E-state index in [1.54, 1.807) is 12.1 Å². The Morgan fingerprint density at radius 3 is 2.50 bits per heavy atom. The number of aryl methyl sites for hydroxylation is 1. The number of hydrogen-bond acceptors (Lipinski definition) is 5. The summed E-state index contributed by atoms with van der Waals surface area (Å²) in [5.41, 5.74) is 0.986. The van der Waals surface area contributed by atoms with Crippen LogP contribution in [0.3, 0.4) is 0 Å². The molecule has 0 saturated carbocycles. The topological polar surface area (TPSA) is 72.8 Å². The Hall–Kier alpha value is -0.950. The quantitative estimate of drug-likeness (QED) is 0.812. The van der Waals surface area contributed by atoms with E-state index in [4.69, 9.17) is 8.92 Å². The number of ether oxygens (including phenoxy) is 1. The molecule has 2 rings (SSSR count). The summed E-state index contributed by atoms with van der Waals surface area (Å²) in [4.78, 5) is 0.138. The van der Waals surface area contributed by atoms with Crippen molar-refractivity contribution in [2.24, 2.45) is 0 Å². The van der Waals surface area contributed by atoms with Crippen molar-refractivity contribution < 1.29 is 22.4 Å². The molecule has 1 N–H and O–H groups in total. The van der Waals surface area contributed by atoms with Gasteiger partial charge in [0.1, 0.15) is 0 Å². The molecule has 0 spiro atoms. The fourth-order valence-electron chi connectivity index (χ4n) is 2.64. The Balaban J connectivity index is 1.94.